The van der Waals surface area contributed by atoms with E-state index in [1.54, 1.807) is 29.0 Å². The summed E-state index contributed by atoms with van der Waals surface area (Å²) >= 11 is 0.764. The van der Waals surface area contributed by atoms with Crippen molar-refractivity contribution in [1.29, 1.82) is 0 Å². The Bertz CT molecular complexity index is 1640. The first-order valence-electron chi connectivity index (χ1n) is 12.6. The van der Waals surface area contributed by atoms with Crippen LogP contribution in [-0.2, 0) is 27.3 Å². The molecule has 1 saturated heterocycles. The number of thioether (sulfide) groups is 1. The number of rotatable bonds is 8. The number of hydrogen-bond acceptors (Lipinski definition) is 5. The first kappa shape index (κ1) is 26.9. The molecule has 10 heteroatoms. The molecule has 4 amide bonds. The van der Waals surface area contributed by atoms with Gasteiger partial charge in [-0.1, -0.05) is 37.3 Å². The number of para-hydroxylation sites is 1. The van der Waals surface area contributed by atoms with E-state index in [1.807, 2.05) is 43.3 Å². The van der Waals surface area contributed by atoms with E-state index in [9.17, 15) is 23.6 Å². The standard InChI is InChI=1S/C30H25FN4O4S/c1-2-19-7-11-22(12-8-19)33-28(37)18-35-29(38)26(40-30(35)39)15-20-16-34(25-6-4-3-5-24(20)25)17-27(36)32-23-13-9-21(31)10-14-23/h3-16H,2,17-18H2,1H3,(H,32,36)(H,33,37)/b26-15-. The van der Waals surface area contributed by atoms with Crippen LogP contribution in [0.3, 0.4) is 0 Å². The maximum absolute atomic E-state index is 13.2. The van der Waals surface area contributed by atoms with Crippen LogP contribution in [0.2, 0.25) is 0 Å². The lowest BCUT2D eigenvalue weighted by Crippen LogP contribution is -2.36. The number of aromatic nitrogens is 1. The monoisotopic (exact) mass is 556 g/mol. The van der Waals surface area contributed by atoms with Crippen LogP contribution >= 0.6 is 11.8 Å². The minimum atomic E-state index is -0.558. The highest BCUT2D eigenvalue weighted by Crippen LogP contribution is 2.34. The molecule has 0 bridgehead atoms. The second-order valence-electron chi connectivity index (χ2n) is 9.15. The van der Waals surface area contributed by atoms with Crippen molar-refractivity contribution in [2.24, 2.45) is 0 Å². The van der Waals surface area contributed by atoms with Crippen LogP contribution in [0.25, 0.3) is 17.0 Å². The summed E-state index contributed by atoms with van der Waals surface area (Å²) in [5, 5.41) is 5.71. The van der Waals surface area contributed by atoms with Gasteiger partial charge in [-0.05, 0) is 72.3 Å². The molecule has 8 nitrogen and oxygen atoms in total. The number of nitrogens with one attached hydrogen (secondary N) is 2. The summed E-state index contributed by atoms with van der Waals surface area (Å²) in [6, 6.07) is 20.2. The Balaban J connectivity index is 1.31. The Morgan fingerprint density at radius 3 is 2.17 bits per heavy atom. The molecule has 40 heavy (non-hydrogen) atoms. The van der Waals surface area contributed by atoms with Gasteiger partial charge in [0.2, 0.25) is 11.8 Å². The predicted molar refractivity (Wildman–Crippen MR) is 154 cm³/mol. The first-order chi connectivity index (χ1) is 19.3. The highest BCUT2D eigenvalue weighted by Gasteiger charge is 2.36. The van der Waals surface area contributed by atoms with Crippen molar-refractivity contribution in [2.45, 2.75) is 19.9 Å². The molecule has 0 radical (unpaired) electrons. The van der Waals surface area contributed by atoms with E-state index in [-0.39, 0.29) is 17.4 Å². The van der Waals surface area contributed by atoms with Crippen molar-refractivity contribution < 1.29 is 23.6 Å². The normalized spacial score (nSPS) is 14.2. The van der Waals surface area contributed by atoms with Gasteiger partial charge in [-0.2, -0.15) is 0 Å². The second kappa shape index (κ2) is 11.6. The molecule has 0 unspecified atom stereocenters. The minimum absolute atomic E-state index is 0.0212. The minimum Gasteiger partial charge on any atom is -0.337 e. The van der Waals surface area contributed by atoms with E-state index < -0.39 is 29.4 Å². The summed E-state index contributed by atoms with van der Waals surface area (Å²) in [5.74, 6) is -1.74. The highest BCUT2D eigenvalue weighted by atomic mass is 32.2. The molecule has 0 saturated carbocycles. The van der Waals surface area contributed by atoms with E-state index in [2.05, 4.69) is 10.6 Å². The molecule has 2 N–H and O–H groups in total. The molecule has 2 heterocycles. The summed E-state index contributed by atoms with van der Waals surface area (Å²) in [4.78, 5) is 52.1. The van der Waals surface area contributed by atoms with Gasteiger partial charge in [-0.3, -0.25) is 24.1 Å². The number of imide groups is 1. The molecule has 1 aliphatic heterocycles. The van der Waals surface area contributed by atoms with Crippen molar-refractivity contribution in [2.75, 3.05) is 17.2 Å². The Morgan fingerprint density at radius 1 is 0.875 bits per heavy atom. The van der Waals surface area contributed by atoms with Crippen molar-refractivity contribution in [3.63, 3.8) is 0 Å². The van der Waals surface area contributed by atoms with E-state index in [4.69, 9.17) is 0 Å². The number of amides is 4. The fourth-order valence-corrected chi connectivity index (χ4v) is 5.18. The Hall–Kier alpha value is -4.70. The molecule has 1 aliphatic rings. The highest BCUT2D eigenvalue weighted by molar-refractivity contribution is 8.18. The predicted octanol–water partition coefficient (Wildman–Crippen LogP) is 5.66. The third-order valence-corrected chi connectivity index (χ3v) is 7.28. The summed E-state index contributed by atoms with van der Waals surface area (Å²) in [6.45, 7) is 1.61. The fraction of sp³-hybridized carbons (Fsp3) is 0.133. The summed E-state index contributed by atoms with van der Waals surface area (Å²) in [5.41, 5.74) is 3.59. The molecule has 3 aromatic carbocycles. The third-order valence-electron chi connectivity index (χ3n) is 6.37. The first-order valence-corrected chi connectivity index (χ1v) is 13.4. The van der Waals surface area contributed by atoms with Gasteiger partial charge in [-0.25, -0.2) is 4.39 Å². The van der Waals surface area contributed by atoms with Gasteiger partial charge in [0.1, 0.15) is 18.9 Å². The quantitative estimate of drug-likeness (QED) is 0.273. The van der Waals surface area contributed by atoms with E-state index in [0.717, 1.165) is 39.5 Å². The SMILES string of the molecule is CCc1ccc(NC(=O)CN2C(=O)S/C(=C\c3cn(CC(=O)Nc4ccc(F)cc4)c4ccccc34)C2=O)cc1. The number of carbonyl (C=O) groups excluding carboxylic acids is 4. The van der Waals surface area contributed by atoms with Crippen molar-refractivity contribution >= 4 is 63.1 Å². The van der Waals surface area contributed by atoms with Crippen LogP contribution in [0.1, 0.15) is 18.1 Å². The Kier molecular flexibility index (Phi) is 7.79. The molecule has 1 aromatic heterocycles. The largest absolute Gasteiger partial charge is 0.337 e. The van der Waals surface area contributed by atoms with Gasteiger partial charge in [0.15, 0.2) is 0 Å². The van der Waals surface area contributed by atoms with Crippen LogP contribution in [0, 0.1) is 5.82 Å². The molecule has 0 atom stereocenters. The Morgan fingerprint density at radius 2 is 1.50 bits per heavy atom. The topological polar surface area (TPSA) is 101 Å². The van der Waals surface area contributed by atoms with Gasteiger partial charge < -0.3 is 15.2 Å². The number of hydrogen-bond donors (Lipinski definition) is 2. The van der Waals surface area contributed by atoms with E-state index in [1.165, 1.54) is 24.3 Å². The van der Waals surface area contributed by atoms with Crippen LogP contribution in [-0.4, -0.2) is 39.0 Å². The number of anilines is 2. The van der Waals surface area contributed by atoms with Crippen LogP contribution in [0.15, 0.2) is 83.9 Å². The lowest BCUT2D eigenvalue weighted by atomic mass is 10.1. The summed E-state index contributed by atoms with van der Waals surface area (Å²) in [7, 11) is 0. The van der Waals surface area contributed by atoms with Crippen LogP contribution in [0.5, 0.6) is 0 Å². The van der Waals surface area contributed by atoms with Gasteiger partial charge >= 0.3 is 0 Å². The fourth-order valence-electron chi connectivity index (χ4n) is 4.35. The maximum atomic E-state index is 13.2. The molecule has 4 aromatic rings. The number of aryl methyl sites for hydroxylation is 1. The zero-order chi connectivity index (χ0) is 28.2. The molecular weight excluding hydrogens is 531 g/mol. The smallest absolute Gasteiger partial charge is 0.294 e. The van der Waals surface area contributed by atoms with Crippen molar-refractivity contribution in [3.8, 4) is 0 Å². The number of carbonyl (C=O) groups is 4. The van der Waals surface area contributed by atoms with Gasteiger partial charge in [0, 0.05) is 34.0 Å². The number of halogens is 1. The second-order valence-corrected chi connectivity index (χ2v) is 10.1. The molecule has 0 aliphatic carbocycles. The average Bonchev–Trinajstić information content (AvgIpc) is 3.42. The zero-order valence-corrected chi connectivity index (χ0v) is 22.3. The average molecular weight is 557 g/mol. The molecule has 0 spiro atoms. The maximum Gasteiger partial charge on any atom is 0.294 e. The molecular formula is C30H25FN4O4S. The molecule has 1 fully saturated rings. The molecule has 5 rings (SSSR count). The van der Waals surface area contributed by atoms with Gasteiger partial charge in [-0.15, -0.1) is 0 Å². The lowest BCUT2D eigenvalue weighted by Gasteiger charge is -2.12. The van der Waals surface area contributed by atoms with E-state index in [0.29, 0.717) is 16.9 Å². The van der Waals surface area contributed by atoms with Gasteiger partial charge in [0.25, 0.3) is 11.1 Å². The van der Waals surface area contributed by atoms with Crippen LogP contribution in [0.4, 0.5) is 20.6 Å². The van der Waals surface area contributed by atoms with E-state index >= 15 is 0 Å². The Labute approximate surface area is 233 Å². The van der Waals surface area contributed by atoms with Crippen molar-refractivity contribution in [1.82, 2.24) is 9.47 Å². The summed E-state index contributed by atoms with van der Waals surface area (Å²) in [6.07, 6.45) is 4.21. The number of benzene rings is 3. The third kappa shape index (κ3) is 5.97. The van der Waals surface area contributed by atoms with Gasteiger partial charge in [0.05, 0.1) is 4.91 Å². The number of nitrogens with zero attached hydrogens (tertiary/aromatic N) is 2. The zero-order valence-electron chi connectivity index (χ0n) is 21.5. The number of fused-ring (bicyclic) bond motifs is 1. The molecule has 202 valence electrons. The van der Waals surface area contributed by atoms with Crippen LogP contribution < -0.4 is 10.6 Å². The lowest BCUT2D eigenvalue weighted by molar-refractivity contribution is -0.127. The summed E-state index contributed by atoms with van der Waals surface area (Å²) < 4.78 is 14.9. The van der Waals surface area contributed by atoms with Crippen molar-refractivity contribution in [3.05, 3.63) is 101 Å².